The van der Waals surface area contributed by atoms with E-state index in [-0.39, 0.29) is 6.09 Å². The molecule has 0 aromatic heterocycles. The van der Waals surface area contributed by atoms with Crippen molar-refractivity contribution in [2.75, 3.05) is 19.6 Å². The van der Waals surface area contributed by atoms with Crippen molar-refractivity contribution in [1.29, 1.82) is 0 Å². The first-order valence-electron chi connectivity index (χ1n) is 5.59. The Labute approximate surface area is 90.8 Å². The quantitative estimate of drug-likeness (QED) is 0.721. The predicted octanol–water partition coefficient (Wildman–Crippen LogP) is 1.12. The van der Waals surface area contributed by atoms with Gasteiger partial charge in [0.1, 0.15) is 5.60 Å². The highest BCUT2D eigenvalue weighted by Gasteiger charge is 2.56. The molecule has 15 heavy (non-hydrogen) atoms. The van der Waals surface area contributed by atoms with E-state index in [1.165, 1.54) is 6.42 Å². The van der Waals surface area contributed by atoms with Gasteiger partial charge in [-0.3, -0.25) is 0 Å². The number of nitrogens with one attached hydrogen (secondary N) is 2. The molecule has 4 heteroatoms. The fraction of sp³-hybridized carbons (Fsp3) is 0.909. The molecule has 4 nitrogen and oxygen atoms in total. The fourth-order valence-corrected chi connectivity index (χ4v) is 2.27. The molecule has 1 heterocycles. The third-order valence-electron chi connectivity index (χ3n) is 3.21. The van der Waals surface area contributed by atoms with Crippen LogP contribution in [0.2, 0.25) is 0 Å². The van der Waals surface area contributed by atoms with E-state index in [0.717, 1.165) is 25.6 Å². The largest absolute Gasteiger partial charge is 0.444 e. The molecular formula is C11H20N2O2. The molecule has 2 rings (SSSR count). The monoisotopic (exact) mass is 212 g/mol. The van der Waals surface area contributed by atoms with E-state index in [2.05, 4.69) is 10.6 Å². The number of hydrogen-bond acceptors (Lipinski definition) is 3. The molecule has 2 unspecified atom stereocenters. The van der Waals surface area contributed by atoms with E-state index in [4.69, 9.17) is 4.74 Å². The summed E-state index contributed by atoms with van der Waals surface area (Å²) in [6, 6.07) is 0. The molecule has 2 atom stereocenters. The van der Waals surface area contributed by atoms with Crippen molar-refractivity contribution in [1.82, 2.24) is 10.6 Å². The minimum atomic E-state index is -0.404. The Bertz CT molecular complexity index is 272. The third-order valence-corrected chi connectivity index (χ3v) is 3.21. The zero-order valence-corrected chi connectivity index (χ0v) is 9.72. The number of fused-ring (bicyclic) bond motifs is 1. The van der Waals surface area contributed by atoms with Crippen LogP contribution in [0.4, 0.5) is 4.79 Å². The lowest BCUT2D eigenvalue weighted by Crippen LogP contribution is -2.37. The predicted molar refractivity (Wildman–Crippen MR) is 57.6 cm³/mol. The summed E-state index contributed by atoms with van der Waals surface area (Å²) in [5.41, 5.74) is -0.0600. The number of piperidine rings is 1. The Hall–Kier alpha value is -0.770. The van der Waals surface area contributed by atoms with E-state index in [9.17, 15) is 4.79 Å². The number of carbonyl (C=O) groups excluding carboxylic acids is 1. The first-order valence-corrected chi connectivity index (χ1v) is 5.59. The molecule has 0 aromatic carbocycles. The van der Waals surface area contributed by atoms with Crippen LogP contribution in [0.3, 0.4) is 0 Å². The maximum absolute atomic E-state index is 11.4. The summed E-state index contributed by atoms with van der Waals surface area (Å²) in [6.07, 6.45) is 0.949. The fourth-order valence-electron chi connectivity index (χ4n) is 2.27. The lowest BCUT2D eigenvalue weighted by Gasteiger charge is -2.21. The number of alkyl carbamates (subject to hydrolysis) is 1. The Morgan fingerprint density at radius 1 is 1.60 bits per heavy atom. The molecule has 0 radical (unpaired) electrons. The van der Waals surface area contributed by atoms with E-state index < -0.39 is 5.60 Å². The molecule has 2 N–H and O–H groups in total. The Morgan fingerprint density at radius 2 is 2.33 bits per heavy atom. The normalized spacial score (nSPS) is 33.4. The molecule has 0 aromatic rings. The summed E-state index contributed by atoms with van der Waals surface area (Å²) in [6.45, 7) is 8.52. The second kappa shape index (κ2) is 3.37. The van der Waals surface area contributed by atoms with E-state index in [0.29, 0.717) is 5.41 Å². The molecule has 2 aliphatic rings. The van der Waals surface area contributed by atoms with Crippen LogP contribution in [0.15, 0.2) is 0 Å². The standard InChI is InChI=1S/C11H20N2O2/c1-10(2,3)15-9(14)13-7-11-4-8(11)5-12-6-11/h8,12H,4-7H2,1-3H3,(H,13,14). The molecular weight excluding hydrogens is 192 g/mol. The van der Waals surface area contributed by atoms with Gasteiger partial charge in [-0.2, -0.15) is 0 Å². The van der Waals surface area contributed by atoms with Crippen LogP contribution in [0, 0.1) is 11.3 Å². The van der Waals surface area contributed by atoms with Gasteiger partial charge in [-0.15, -0.1) is 0 Å². The van der Waals surface area contributed by atoms with Crippen molar-refractivity contribution in [3.63, 3.8) is 0 Å². The highest BCUT2D eigenvalue weighted by molar-refractivity contribution is 5.67. The lowest BCUT2D eigenvalue weighted by atomic mass is 10.1. The minimum Gasteiger partial charge on any atom is -0.444 e. The SMILES string of the molecule is CC(C)(C)OC(=O)NCC12CNCC1C2. The van der Waals surface area contributed by atoms with Crippen LogP contribution in [-0.4, -0.2) is 31.3 Å². The smallest absolute Gasteiger partial charge is 0.407 e. The lowest BCUT2D eigenvalue weighted by molar-refractivity contribution is 0.0516. The van der Waals surface area contributed by atoms with E-state index >= 15 is 0 Å². The molecule has 1 saturated heterocycles. The van der Waals surface area contributed by atoms with Crippen LogP contribution in [0.1, 0.15) is 27.2 Å². The van der Waals surface area contributed by atoms with Crippen molar-refractivity contribution in [3.05, 3.63) is 0 Å². The van der Waals surface area contributed by atoms with Gasteiger partial charge in [0.15, 0.2) is 0 Å². The van der Waals surface area contributed by atoms with Crippen LogP contribution in [0.5, 0.6) is 0 Å². The van der Waals surface area contributed by atoms with Gasteiger partial charge in [-0.05, 0) is 39.7 Å². The van der Waals surface area contributed by atoms with Gasteiger partial charge in [-0.25, -0.2) is 4.79 Å². The number of carbonyl (C=O) groups is 1. The van der Waals surface area contributed by atoms with E-state index in [1.807, 2.05) is 20.8 Å². The Balaban J connectivity index is 1.72. The van der Waals surface area contributed by atoms with Gasteiger partial charge in [0, 0.05) is 18.5 Å². The average molecular weight is 212 g/mol. The average Bonchev–Trinajstić information content (AvgIpc) is 2.63. The molecule has 0 bridgehead atoms. The maximum atomic E-state index is 11.4. The number of amides is 1. The van der Waals surface area contributed by atoms with Crippen molar-refractivity contribution >= 4 is 6.09 Å². The highest BCUT2D eigenvalue weighted by atomic mass is 16.6. The second-order valence-electron chi connectivity index (χ2n) is 5.75. The van der Waals surface area contributed by atoms with Crippen LogP contribution < -0.4 is 10.6 Å². The number of rotatable bonds is 2. The van der Waals surface area contributed by atoms with Gasteiger partial charge in [0.05, 0.1) is 0 Å². The molecule has 2 fully saturated rings. The molecule has 1 aliphatic carbocycles. The zero-order valence-electron chi connectivity index (χ0n) is 9.72. The van der Waals surface area contributed by atoms with Gasteiger partial charge in [-0.1, -0.05) is 0 Å². The Kier molecular flexibility index (Phi) is 2.41. The third kappa shape index (κ3) is 2.43. The van der Waals surface area contributed by atoms with Crippen molar-refractivity contribution in [3.8, 4) is 0 Å². The molecule has 86 valence electrons. The van der Waals surface area contributed by atoms with Gasteiger partial charge in [0.2, 0.25) is 0 Å². The van der Waals surface area contributed by atoms with Crippen molar-refractivity contribution in [2.45, 2.75) is 32.8 Å². The van der Waals surface area contributed by atoms with Crippen LogP contribution >= 0.6 is 0 Å². The van der Waals surface area contributed by atoms with E-state index in [1.54, 1.807) is 0 Å². The molecule has 1 aliphatic heterocycles. The summed E-state index contributed by atoms with van der Waals surface area (Å²) in [7, 11) is 0. The summed E-state index contributed by atoms with van der Waals surface area (Å²) < 4.78 is 5.19. The molecule has 1 saturated carbocycles. The molecule has 1 amide bonds. The first kappa shape index (κ1) is 10.7. The second-order valence-corrected chi connectivity index (χ2v) is 5.75. The topological polar surface area (TPSA) is 50.4 Å². The maximum Gasteiger partial charge on any atom is 0.407 e. The number of ether oxygens (including phenoxy) is 1. The first-order chi connectivity index (χ1) is 6.91. The molecule has 0 spiro atoms. The van der Waals surface area contributed by atoms with Crippen molar-refractivity contribution in [2.24, 2.45) is 11.3 Å². The number of hydrogen-bond donors (Lipinski definition) is 2. The van der Waals surface area contributed by atoms with Gasteiger partial charge >= 0.3 is 6.09 Å². The Morgan fingerprint density at radius 3 is 2.80 bits per heavy atom. The van der Waals surface area contributed by atoms with Crippen LogP contribution in [0.25, 0.3) is 0 Å². The van der Waals surface area contributed by atoms with Gasteiger partial charge < -0.3 is 15.4 Å². The summed E-state index contributed by atoms with van der Waals surface area (Å²) in [4.78, 5) is 11.4. The zero-order chi connectivity index (χ0) is 11.1. The van der Waals surface area contributed by atoms with Gasteiger partial charge in [0.25, 0.3) is 0 Å². The summed E-state index contributed by atoms with van der Waals surface area (Å²) in [5.74, 6) is 0.771. The summed E-state index contributed by atoms with van der Waals surface area (Å²) in [5, 5.41) is 6.20. The minimum absolute atomic E-state index is 0.297. The summed E-state index contributed by atoms with van der Waals surface area (Å²) >= 11 is 0. The van der Waals surface area contributed by atoms with Crippen molar-refractivity contribution < 1.29 is 9.53 Å². The highest BCUT2D eigenvalue weighted by Crippen LogP contribution is 2.54. The van der Waals surface area contributed by atoms with Crippen LogP contribution in [-0.2, 0) is 4.74 Å².